The van der Waals surface area contributed by atoms with Crippen LogP contribution in [-0.4, -0.2) is 41.5 Å². The smallest absolute Gasteiger partial charge is 0.286 e. The number of fused-ring (bicyclic) bond motifs is 4. The second-order valence-electron chi connectivity index (χ2n) is 7.89. The molecule has 0 aliphatic carbocycles. The average molecular weight is 439 g/mol. The van der Waals surface area contributed by atoms with Gasteiger partial charge in [0.05, 0.1) is 23.3 Å². The lowest BCUT2D eigenvalue weighted by Gasteiger charge is -2.29. The zero-order valence-corrected chi connectivity index (χ0v) is 18.1. The van der Waals surface area contributed by atoms with Gasteiger partial charge in [0.25, 0.3) is 15.9 Å². The fourth-order valence-corrected chi connectivity index (χ4v) is 5.48. The number of hydrogen-bond acceptors (Lipinski definition) is 6. The summed E-state index contributed by atoms with van der Waals surface area (Å²) in [6.45, 7) is 2.60. The Morgan fingerprint density at radius 1 is 1.16 bits per heavy atom. The molecule has 1 amide bonds. The van der Waals surface area contributed by atoms with E-state index in [0.717, 1.165) is 42.5 Å². The quantitative estimate of drug-likeness (QED) is 0.659. The molecule has 2 aromatic heterocycles. The first-order chi connectivity index (χ1) is 14.8. The lowest BCUT2D eigenvalue weighted by atomic mass is 10.1. The number of benzene rings is 1. The van der Waals surface area contributed by atoms with Crippen molar-refractivity contribution in [2.45, 2.75) is 37.5 Å². The number of hydrogen-bond donors (Lipinski definition) is 1. The molecule has 0 bridgehead atoms. The van der Waals surface area contributed by atoms with Crippen LogP contribution in [0.4, 0.5) is 11.4 Å². The third-order valence-corrected chi connectivity index (χ3v) is 7.06. The van der Waals surface area contributed by atoms with E-state index in [9.17, 15) is 13.2 Å². The molecular weight excluding hydrogens is 416 g/mol. The molecule has 1 saturated heterocycles. The van der Waals surface area contributed by atoms with Gasteiger partial charge in [0, 0.05) is 31.0 Å². The molecule has 0 unspecified atom stereocenters. The normalized spacial score (nSPS) is 17.5. The Kier molecular flexibility index (Phi) is 4.54. The molecule has 2 aliphatic rings. The van der Waals surface area contributed by atoms with Gasteiger partial charge in [-0.1, -0.05) is 6.42 Å². The first-order valence-electron chi connectivity index (χ1n) is 10.2. The topological polar surface area (TPSA) is 110 Å². The minimum absolute atomic E-state index is 0.0717. The summed E-state index contributed by atoms with van der Waals surface area (Å²) in [4.78, 5) is 19.3. The Balaban J connectivity index is 1.47. The van der Waals surface area contributed by atoms with Crippen molar-refractivity contribution in [3.8, 4) is 0 Å². The lowest BCUT2D eigenvalue weighted by Crippen LogP contribution is -2.35. The number of aromatic nitrogens is 3. The van der Waals surface area contributed by atoms with Gasteiger partial charge >= 0.3 is 0 Å². The zero-order valence-electron chi connectivity index (χ0n) is 17.3. The molecule has 31 heavy (non-hydrogen) atoms. The number of anilines is 2. The van der Waals surface area contributed by atoms with Gasteiger partial charge in [-0.05, 0) is 44.0 Å². The summed E-state index contributed by atoms with van der Waals surface area (Å²) >= 11 is 0. The van der Waals surface area contributed by atoms with Crippen molar-refractivity contribution in [1.82, 2.24) is 14.8 Å². The number of nitrogens with zero attached hydrogens (tertiary/aromatic N) is 5. The van der Waals surface area contributed by atoms with E-state index >= 15 is 0 Å². The van der Waals surface area contributed by atoms with E-state index in [-0.39, 0.29) is 10.5 Å². The predicted molar refractivity (Wildman–Crippen MR) is 118 cm³/mol. The van der Waals surface area contributed by atoms with Gasteiger partial charge in [-0.3, -0.25) is 9.48 Å². The van der Waals surface area contributed by atoms with E-state index in [1.165, 1.54) is 6.07 Å². The number of carbonyl (C=O) groups excluding carboxylic acids is 1. The average Bonchev–Trinajstić information content (AvgIpc) is 2.89. The molecule has 0 saturated carbocycles. The number of pyridine rings is 1. The summed E-state index contributed by atoms with van der Waals surface area (Å²) in [5.41, 5.74) is 2.90. The number of amidine groups is 1. The van der Waals surface area contributed by atoms with Crippen LogP contribution in [0.25, 0.3) is 11.0 Å². The second-order valence-corrected chi connectivity index (χ2v) is 9.46. The Hall–Kier alpha value is -3.27. The van der Waals surface area contributed by atoms with Crippen LogP contribution in [0.5, 0.6) is 0 Å². The van der Waals surface area contributed by atoms with Gasteiger partial charge < -0.3 is 10.2 Å². The fraction of sp³-hybridized carbons (Fsp3) is 0.333. The van der Waals surface area contributed by atoms with E-state index in [1.807, 2.05) is 24.9 Å². The highest BCUT2D eigenvalue weighted by Crippen LogP contribution is 2.35. The molecular formula is C21H22N6O3S. The van der Waals surface area contributed by atoms with Crippen LogP contribution in [0.2, 0.25) is 0 Å². The number of sulfonamides is 1. The Labute approximate surface area is 179 Å². The van der Waals surface area contributed by atoms with Crippen molar-refractivity contribution in [3.63, 3.8) is 0 Å². The molecule has 160 valence electrons. The van der Waals surface area contributed by atoms with Crippen molar-refractivity contribution in [1.29, 1.82) is 0 Å². The molecule has 0 atom stereocenters. The SMILES string of the molecule is Cc1nn(C)c2ncc(NC(=O)c3ccc4c(c3)S(=O)(=O)N=C3CCCCCN34)cc12. The summed E-state index contributed by atoms with van der Waals surface area (Å²) in [6.07, 6.45) is 5.15. The van der Waals surface area contributed by atoms with Crippen molar-refractivity contribution in [2.75, 3.05) is 16.8 Å². The van der Waals surface area contributed by atoms with Crippen molar-refractivity contribution in [3.05, 3.63) is 41.7 Å². The van der Waals surface area contributed by atoms with Crippen LogP contribution in [0.1, 0.15) is 41.7 Å². The number of nitrogens with one attached hydrogen (secondary N) is 1. The highest BCUT2D eigenvalue weighted by molar-refractivity contribution is 7.90. The minimum Gasteiger partial charge on any atom is -0.328 e. The summed E-state index contributed by atoms with van der Waals surface area (Å²) in [5, 5.41) is 7.98. The van der Waals surface area contributed by atoms with Gasteiger partial charge in [0.2, 0.25) is 0 Å². The van der Waals surface area contributed by atoms with Gasteiger partial charge in [-0.2, -0.15) is 13.5 Å². The maximum absolute atomic E-state index is 12.9. The zero-order chi connectivity index (χ0) is 21.8. The standard InChI is InChI=1S/C21H22N6O3S/c1-13-16-11-15(12-22-20(16)26(2)24-13)23-21(28)14-7-8-17-18(10-14)31(29,30)25-19-6-4-3-5-9-27(17)19/h7-8,10-12H,3-6,9H2,1-2H3,(H,23,28). The molecule has 9 nitrogen and oxygen atoms in total. The molecule has 3 aromatic rings. The van der Waals surface area contributed by atoms with Crippen LogP contribution < -0.4 is 10.2 Å². The van der Waals surface area contributed by atoms with Crippen LogP contribution in [0.15, 0.2) is 39.8 Å². The maximum Gasteiger partial charge on any atom is 0.286 e. The molecule has 10 heteroatoms. The number of rotatable bonds is 2. The molecule has 1 aromatic carbocycles. The summed E-state index contributed by atoms with van der Waals surface area (Å²) in [6, 6.07) is 6.57. The molecule has 0 spiro atoms. The van der Waals surface area contributed by atoms with E-state index in [1.54, 1.807) is 23.0 Å². The Bertz CT molecular complexity index is 1360. The van der Waals surface area contributed by atoms with E-state index in [0.29, 0.717) is 23.6 Å². The second kappa shape index (κ2) is 7.16. The molecule has 4 heterocycles. The lowest BCUT2D eigenvalue weighted by molar-refractivity contribution is 0.102. The van der Waals surface area contributed by atoms with Gasteiger partial charge in [0.1, 0.15) is 10.7 Å². The molecule has 0 radical (unpaired) electrons. The van der Waals surface area contributed by atoms with Crippen LogP contribution in [0, 0.1) is 6.92 Å². The molecule has 2 aliphatic heterocycles. The fourth-order valence-electron chi connectivity index (χ4n) is 4.20. The Morgan fingerprint density at radius 3 is 2.84 bits per heavy atom. The number of amides is 1. The van der Waals surface area contributed by atoms with Crippen LogP contribution in [-0.2, 0) is 17.1 Å². The first-order valence-corrected chi connectivity index (χ1v) is 11.6. The third-order valence-electron chi connectivity index (χ3n) is 5.73. The van der Waals surface area contributed by atoms with E-state index < -0.39 is 15.9 Å². The number of aryl methyl sites for hydroxylation is 2. The third kappa shape index (κ3) is 3.36. The monoisotopic (exact) mass is 438 g/mol. The minimum atomic E-state index is -3.85. The van der Waals surface area contributed by atoms with Crippen molar-refractivity contribution >= 4 is 44.2 Å². The van der Waals surface area contributed by atoms with Gasteiger partial charge in [0.15, 0.2) is 5.65 Å². The molecule has 1 N–H and O–H groups in total. The maximum atomic E-state index is 12.9. The van der Waals surface area contributed by atoms with Crippen LogP contribution in [0.3, 0.4) is 0 Å². The number of carbonyl (C=O) groups is 1. The highest BCUT2D eigenvalue weighted by atomic mass is 32.2. The summed E-state index contributed by atoms with van der Waals surface area (Å²) in [5.74, 6) is 0.180. The van der Waals surface area contributed by atoms with E-state index in [4.69, 9.17) is 0 Å². The summed E-state index contributed by atoms with van der Waals surface area (Å²) in [7, 11) is -2.03. The molecule has 1 fully saturated rings. The van der Waals surface area contributed by atoms with E-state index in [2.05, 4.69) is 19.8 Å². The highest BCUT2D eigenvalue weighted by Gasteiger charge is 2.32. The first kappa shape index (κ1) is 19.7. The molecule has 5 rings (SSSR count). The predicted octanol–water partition coefficient (Wildman–Crippen LogP) is 3.01. The van der Waals surface area contributed by atoms with Crippen LogP contribution >= 0.6 is 0 Å². The Morgan fingerprint density at radius 2 is 2.00 bits per heavy atom. The van der Waals surface area contributed by atoms with Crippen molar-refractivity contribution < 1.29 is 13.2 Å². The van der Waals surface area contributed by atoms with Gasteiger partial charge in [-0.15, -0.1) is 4.40 Å². The summed E-state index contributed by atoms with van der Waals surface area (Å²) < 4.78 is 31.3. The van der Waals surface area contributed by atoms with Crippen molar-refractivity contribution in [2.24, 2.45) is 11.4 Å². The van der Waals surface area contributed by atoms with Gasteiger partial charge in [-0.25, -0.2) is 4.98 Å². The largest absolute Gasteiger partial charge is 0.328 e.